The molecule has 1 N–H and O–H groups in total. The van der Waals surface area contributed by atoms with Gasteiger partial charge in [-0.25, -0.2) is 9.18 Å². The van der Waals surface area contributed by atoms with Gasteiger partial charge in [-0.3, -0.25) is 4.98 Å². The molecule has 1 aliphatic rings. The van der Waals surface area contributed by atoms with E-state index in [0.29, 0.717) is 28.3 Å². The zero-order valence-corrected chi connectivity index (χ0v) is 14.0. The summed E-state index contributed by atoms with van der Waals surface area (Å²) in [4.78, 5) is 18.0. The van der Waals surface area contributed by atoms with Crippen molar-refractivity contribution in [2.75, 3.05) is 18.4 Å². The fourth-order valence-corrected chi connectivity index (χ4v) is 2.93. The highest BCUT2D eigenvalue weighted by molar-refractivity contribution is 5.90. The van der Waals surface area contributed by atoms with Crippen LogP contribution in [0.2, 0.25) is 0 Å². The number of nitrogens with zero attached hydrogens (tertiary/aromatic N) is 3. The number of nitrogens with one attached hydrogen (secondary N) is 1. The smallest absolute Gasteiger partial charge is 0.321 e. The zero-order valence-electron chi connectivity index (χ0n) is 14.0. The van der Waals surface area contributed by atoms with E-state index in [4.69, 9.17) is 0 Å². The van der Waals surface area contributed by atoms with Crippen molar-refractivity contribution in [1.82, 2.24) is 9.88 Å². The molecule has 1 aromatic carbocycles. The van der Waals surface area contributed by atoms with Crippen LogP contribution < -0.4 is 5.32 Å². The molecule has 0 bridgehead atoms. The minimum atomic E-state index is -0.474. The van der Waals surface area contributed by atoms with E-state index in [-0.39, 0.29) is 6.03 Å². The lowest BCUT2D eigenvalue weighted by molar-refractivity contribution is 0.186. The van der Waals surface area contributed by atoms with E-state index in [1.165, 1.54) is 12.3 Å². The maximum absolute atomic E-state index is 13.5. The molecule has 2 heterocycles. The predicted octanol–water partition coefficient (Wildman–Crippen LogP) is 4.02. The molecule has 1 aliphatic heterocycles. The largest absolute Gasteiger partial charge is 0.325 e. The molecule has 1 saturated heterocycles. The van der Waals surface area contributed by atoms with Gasteiger partial charge in [0.15, 0.2) is 0 Å². The van der Waals surface area contributed by atoms with Crippen molar-refractivity contribution < 1.29 is 9.18 Å². The number of benzene rings is 1. The molecule has 5 nitrogen and oxygen atoms in total. The quantitative estimate of drug-likeness (QED) is 0.899. The minimum Gasteiger partial charge on any atom is -0.325 e. The number of pyridine rings is 1. The number of carbonyl (C=O) groups is 1. The number of hydrogen-bond donors (Lipinski definition) is 1. The van der Waals surface area contributed by atoms with Gasteiger partial charge in [0.05, 0.1) is 17.8 Å². The van der Waals surface area contributed by atoms with E-state index in [0.717, 1.165) is 32.1 Å². The summed E-state index contributed by atoms with van der Waals surface area (Å²) in [7, 11) is 0. The van der Waals surface area contributed by atoms with Crippen LogP contribution in [0.15, 0.2) is 36.7 Å². The number of piperidine rings is 1. The third kappa shape index (κ3) is 3.94. The van der Waals surface area contributed by atoms with Crippen LogP contribution in [0.3, 0.4) is 0 Å². The first-order valence-corrected chi connectivity index (χ1v) is 8.28. The summed E-state index contributed by atoms with van der Waals surface area (Å²) in [6.45, 7) is 3.67. The summed E-state index contributed by atoms with van der Waals surface area (Å²) >= 11 is 0. The number of rotatable bonds is 2. The highest BCUT2D eigenvalue weighted by Crippen LogP contribution is 2.27. The van der Waals surface area contributed by atoms with E-state index in [1.807, 2.05) is 0 Å². The van der Waals surface area contributed by atoms with Gasteiger partial charge in [0.1, 0.15) is 5.82 Å². The Hall–Kier alpha value is -2.94. The second-order valence-electron chi connectivity index (χ2n) is 6.36. The average Bonchev–Trinajstić information content (AvgIpc) is 2.62. The first-order valence-electron chi connectivity index (χ1n) is 8.28. The predicted molar refractivity (Wildman–Crippen MR) is 93.3 cm³/mol. The lowest BCUT2D eigenvalue weighted by Crippen LogP contribution is -2.40. The second-order valence-corrected chi connectivity index (χ2v) is 6.36. The van der Waals surface area contributed by atoms with Crippen molar-refractivity contribution in [1.29, 1.82) is 5.26 Å². The monoisotopic (exact) mass is 338 g/mol. The third-order valence-corrected chi connectivity index (χ3v) is 4.48. The Morgan fingerprint density at radius 3 is 2.76 bits per heavy atom. The number of carbonyl (C=O) groups excluding carboxylic acids is 1. The van der Waals surface area contributed by atoms with E-state index in [2.05, 4.69) is 23.3 Å². The number of halogens is 1. The van der Waals surface area contributed by atoms with Gasteiger partial charge in [0.2, 0.25) is 0 Å². The standard InChI is InChI=1S/C19H19FN4O/c1-13-4-6-24(7-5-13)19(25)23-17-3-2-14(10-21)18(9-17)15-8-16(20)12-22-11-15/h2-3,8-9,11-13H,4-7H2,1H3,(H,23,25). The molecule has 0 atom stereocenters. The number of anilines is 1. The molecule has 1 aromatic heterocycles. The topological polar surface area (TPSA) is 69.0 Å². The number of nitriles is 1. The molecule has 128 valence electrons. The van der Waals surface area contributed by atoms with Crippen LogP contribution in [0, 0.1) is 23.1 Å². The first kappa shape index (κ1) is 16.9. The van der Waals surface area contributed by atoms with Gasteiger partial charge in [0.25, 0.3) is 0 Å². The van der Waals surface area contributed by atoms with Gasteiger partial charge < -0.3 is 10.2 Å². The van der Waals surface area contributed by atoms with Crippen LogP contribution in [-0.2, 0) is 0 Å². The van der Waals surface area contributed by atoms with Gasteiger partial charge in [-0.15, -0.1) is 0 Å². The molecule has 0 spiro atoms. The number of likely N-dealkylation sites (tertiary alicyclic amines) is 1. The Kier molecular flexibility index (Phi) is 4.94. The Bertz CT molecular complexity index is 822. The van der Waals surface area contributed by atoms with Gasteiger partial charge in [-0.05, 0) is 43.0 Å². The van der Waals surface area contributed by atoms with Crippen LogP contribution in [0.5, 0.6) is 0 Å². The molecule has 2 amide bonds. The fraction of sp³-hybridized carbons (Fsp3) is 0.316. The fourth-order valence-electron chi connectivity index (χ4n) is 2.93. The lowest BCUT2D eigenvalue weighted by atomic mass is 9.99. The average molecular weight is 338 g/mol. The van der Waals surface area contributed by atoms with Gasteiger partial charge in [0, 0.05) is 36.1 Å². The first-order chi connectivity index (χ1) is 12.1. The molecule has 2 aromatic rings. The molecule has 0 saturated carbocycles. The van der Waals surface area contributed by atoms with Crippen LogP contribution in [0.25, 0.3) is 11.1 Å². The van der Waals surface area contributed by atoms with E-state index >= 15 is 0 Å². The van der Waals surface area contributed by atoms with Crippen molar-refractivity contribution in [2.45, 2.75) is 19.8 Å². The SMILES string of the molecule is CC1CCN(C(=O)Nc2ccc(C#N)c(-c3cncc(F)c3)c2)CC1. The molecule has 0 unspecified atom stereocenters. The van der Waals surface area contributed by atoms with Crippen molar-refractivity contribution in [3.63, 3.8) is 0 Å². The van der Waals surface area contributed by atoms with Crippen LogP contribution in [0.4, 0.5) is 14.9 Å². The Balaban J connectivity index is 1.82. The molecule has 1 fully saturated rings. The molecule has 3 rings (SSSR count). The van der Waals surface area contributed by atoms with E-state index in [1.54, 1.807) is 23.1 Å². The molecule has 25 heavy (non-hydrogen) atoms. The normalized spacial score (nSPS) is 14.8. The van der Waals surface area contributed by atoms with Crippen molar-refractivity contribution in [3.05, 3.63) is 48.0 Å². The molecule has 0 radical (unpaired) electrons. The van der Waals surface area contributed by atoms with Gasteiger partial charge >= 0.3 is 6.03 Å². The van der Waals surface area contributed by atoms with Crippen molar-refractivity contribution in [3.8, 4) is 17.2 Å². The summed E-state index contributed by atoms with van der Waals surface area (Å²) in [5.74, 6) is 0.171. The zero-order chi connectivity index (χ0) is 17.8. The van der Waals surface area contributed by atoms with Crippen molar-refractivity contribution in [2.24, 2.45) is 5.92 Å². The second kappa shape index (κ2) is 7.31. The summed E-state index contributed by atoms with van der Waals surface area (Å²) in [5.41, 5.74) is 2.01. The molecular formula is C19H19FN4O. The molecule has 0 aliphatic carbocycles. The van der Waals surface area contributed by atoms with Crippen LogP contribution in [0.1, 0.15) is 25.3 Å². The van der Waals surface area contributed by atoms with E-state index < -0.39 is 5.82 Å². The van der Waals surface area contributed by atoms with Gasteiger partial charge in [-0.1, -0.05) is 6.92 Å². The maximum atomic E-state index is 13.5. The summed E-state index contributed by atoms with van der Waals surface area (Å²) in [6.07, 6.45) is 4.61. The van der Waals surface area contributed by atoms with Gasteiger partial charge in [-0.2, -0.15) is 5.26 Å². The Morgan fingerprint density at radius 1 is 1.32 bits per heavy atom. The number of hydrogen-bond acceptors (Lipinski definition) is 3. The van der Waals surface area contributed by atoms with Crippen LogP contribution in [-0.4, -0.2) is 29.0 Å². The van der Waals surface area contributed by atoms with E-state index in [9.17, 15) is 14.4 Å². The van der Waals surface area contributed by atoms with Crippen LogP contribution >= 0.6 is 0 Å². The Morgan fingerprint density at radius 2 is 2.08 bits per heavy atom. The maximum Gasteiger partial charge on any atom is 0.321 e. The minimum absolute atomic E-state index is 0.153. The Labute approximate surface area is 146 Å². The highest BCUT2D eigenvalue weighted by atomic mass is 19.1. The highest BCUT2D eigenvalue weighted by Gasteiger charge is 2.20. The number of aromatic nitrogens is 1. The summed E-state index contributed by atoms with van der Waals surface area (Å²) < 4.78 is 13.5. The molecule has 6 heteroatoms. The van der Waals surface area contributed by atoms with Crippen molar-refractivity contribution >= 4 is 11.7 Å². The summed E-state index contributed by atoms with van der Waals surface area (Å²) in [6, 6.07) is 8.24. The molecular weight excluding hydrogens is 319 g/mol. The third-order valence-electron chi connectivity index (χ3n) is 4.48. The number of urea groups is 1. The summed E-state index contributed by atoms with van der Waals surface area (Å²) in [5, 5.41) is 12.2. The number of amides is 2. The lowest BCUT2D eigenvalue weighted by Gasteiger charge is -2.30.